The van der Waals surface area contributed by atoms with Crippen molar-refractivity contribution in [3.8, 4) is 0 Å². The van der Waals surface area contributed by atoms with Crippen molar-refractivity contribution in [1.29, 1.82) is 0 Å². The first kappa shape index (κ1) is 15.4. The van der Waals surface area contributed by atoms with Gasteiger partial charge in [0, 0.05) is 11.7 Å². The molecule has 1 heterocycles. The van der Waals surface area contributed by atoms with Crippen molar-refractivity contribution >= 4 is 27.3 Å². The topological polar surface area (TPSA) is 63.7 Å². The van der Waals surface area contributed by atoms with Crippen LogP contribution in [-0.4, -0.2) is 32.2 Å². The lowest BCUT2D eigenvalue weighted by Crippen LogP contribution is -2.29. The van der Waals surface area contributed by atoms with Crippen molar-refractivity contribution in [2.24, 2.45) is 5.41 Å². The normalized spacial score (nSPS) is 20.0. The standard InChI is InChI=1S/C15H16ClNO4S/c1-15(7-8-15)13-11(16)9-17(21-13)14(18)10-5-3-4-6-12(10)22(2,19)20/h3-6H,7-9H2,1-2H3. The number of carbonyl (C=O) groups excluding carboxylic acids is 1. The Morgan fingerprint density at radius 2 is 1.95 bits per heavy atom. The number of benzene rings is 1. The summed E-state index contributed by atoms with van der Waals surface area (Å²) in [5, 5.41) is 1.64. The molecule has 1 fully saturated rings. The van der Waals surface area contributed by atoms with Crippen LogP contribution in [0, 0.1) is 5.41 Å². The zero-order chi connectivity index (χ0) is 16.1. The molecule has 0 spiro atoms. The van der Waals surface area contributed by atoms with Crippen molar-refractivity contribution in [2.75, 3.05) is 12.8 Å². The number of nitrogens with zero attached hydrogens (tertiary/aromatic N) is 1. The SMILES string of the molecule is CC1(C2=C(Cl)CN(C(=O)c3ccccc3S(C)(=O)=O)O2)CC1. The summed E-state index contributed by atoms with van der Waals surface area (Å²) in [6.07, 6.45) is 3.02. The third kappa shape index (κ3) is 2.61. The minimum absolute atomic E-state index is 0.00851. The Balaban J connectivity index is 1.89. The Hall–Kier alpha value is -1.53. The third-order valence-corrected chi connectivity index (χ3v) is 5.47. The van der Waals surface area contributed by atoms with Gasteiger partial charge in [-0.25, -0.2) is 8.42 Å². The van der Waals surface area contributed by atoms with Crippen molar-refractivity contribution < 1.29 is 18.0 Å². The number of amides is 1. The fourth-order valence-electron chi connectivity index (χ4n) is 2.46. The van der Waals surface area contributed by atoms with Crippen molar-refractivity contribution in [2.45, 2.75) is 24.7 Å². The number of allylic oxidation sites excluding steroid dienone is 1. The molecule has 3 rings (SSSR count). The summed E-state index contributed by atoms with van der Waals surface area (Å²) in [7, 11) is -3.50. The molecule has 1 saturated carbocycles. The van der Waals surface area contributed by atoms with Gasteiger partial charge in [0.2, 0.25) is 0 Å². The Kier molecular flexibility index (Phi) is 3.49. The van der Waals surface area contributed by atoms with Crippen molar-refractivity contribution in [3.05, 3.63) is 40.6 Å². The van der Waals surface area contributed by atoms with E-state index in [0.29, 0.717) is 10.8 Å². The molecule has 0 saturated heterocycles. The van der Waals surface area contributed by atoms with Crippen LogP contribution < -0.4 is 0 Å². The number of rotatable bonds is 3. The van der Waals surface area contributed by atoms with Gasteiger partial charge in [0.15, 0.2) is 15.6 Å². The molecule has 0 unspecified atom stereocenters. The number of sulfone groups is 1. The fourth-order valence-corrected chi connectivity index (χ4v) is 3.71. The summed E-state index contributed by atoms with van der Waals surface area (Å²) in [5.41, 5.74) is -0.000642. The predicted octanol–water partition coefficient (Wildman–Crippen LogP) is 2.73. The molecule has 7 heteroatoms. The van der Waals surface area contributed by atoms with Crippen LogP contribution in [0.15, 0.2) is 40.0 Å². The largest absolute Gasteiger partial charge is 0.379 e. The summed E-state index contributed by atoms with van der Waals surface area (Å²) in [6, 6.07) is 6.10. The van der Waals surface area contributed by atoms with Gasteiger partial charge in [-0.15, -0.1) is 0 Å². The average molecular weight is 342 g/mol. The van der Waals surface area contributed by atoms with Gasteiger partial charge in [-0.1, -0.05) is 30.7 Å². The molecule has 0 aromatic heterocycles. The maximum absolute atomic E-state index is 12.6. The Bertz CT molecular complexity index is 780. The second kappa shape index (κ2) is 4.99. The highest BCUT2D eigenvalue weighted by Gasteiger charge is 2.48. The quantitative estimate of drug-likeness (QED) is 0.848. The fraction of sp³-hybridized carbons (Fsp3) is 0.400. The van der Waals surface area contributed by atoms with Crippen LogP contribution in [-0.2, 0) is 14.7 Å². The van der Waals surface area contributed by atoms with E-state index in [9.17, 15) is 13.2 Å². The van der Waals surface area contributed by atoms with E-state index in [4.69, 9.17) is 16.4 Å². The maximum atomic E-state index is 12.6. The maximum Gasteiger partial charge on any atom is 0.288 e. The van der Waals surface area contributed by atoms with E-state index < -0.39 is 15.7 Å². The molecule has 2 aliphatic rings. The summed E-state index contributed by atoms with van der Waals surface area (Å²) < 4.78 is 23.6. The van der Waals surface area contributed by atoms with Crippen LogP contribution in [0.5, 0.6) is 0 Å². The molecule has 118 valence electrons. The highest BCUT2D eigenvalue weighted by molar-refractivity contribution is 7.90. The summed E-state index contributed by atoms with van der Waals surface area (Å²) in [6.45, 7) is 2.17. The zero-order valence-corrected chi connectivity index (χ0v) is 13.9. The highest BCUT2D eigenvalue weighted by Crippen LogP contribution is 2.54. The molecule has 1 amide bonds. The highest BCUT2D eigenvalue weighted by atomic mass is 35.5. The number of hydrogen-bond acceptors (Lipinski definition) is 4. The van der Waals surface area contributed by atoms with Gasteiger partial charge in [0.05, 0.1) is 22.0 Å². The first-order valence-electron chi connectivity index (χ1n) is 6.90. The monoisotopic (exact) mass is 341 g/mol. The zero-order valence-electron chi connectivity index (χ0n) is 12.3. The first-order valence-corrected chi connectivity index (χ1v) is 9.17. The van der Waals surface area contributed by atoms with Crippen LogP contribution in [0.3, 0.4) is 0 Å². The number of hydrogen-bond donors (Lipinski definition) is 0. The van der Waals surface area contributed by atoms with E-state index in [1.54, 1.807) is 12.1 Å². The van der Waals surface area contributed by atoms with Gasteiger partial charge in [-0.2, -0.15) is 5.06 Å². The van der Waals surface area contributed by atoms with Crippen LogP contribution >= 0.6 is 11.6 Å². The van der Waals surface area contributed by atoms with Crippen LogP contribution in [0.1, 0.15) is 30.1 Å². The van der Waals surface area contributed by atoms with E-state index in [1.165, 1.54) is 12.1 Å². The van der Waals surface area contributed by atoms with E-state index in [2.05, 4.69) is 0 Å². The van der Waals surface area contributed by atoms with E-state index >= 15 is 0 Å². The average Bonchev–Trinajstić information content (AvgIpc) is 3.07. The van der Waals surface area contributed by atoms with E-state index in [-0.39, 0.29) is 22.4 Å². The second-order valence-corrected chi connectivity index (χ2v) is 8.44. The van der Waals surface area contributed by atoms with Crippen LogP contribution in [0.25, 0.3) is 0 Å². The number of halogens is 1. The third-order valence-electron chi connectivity index (χ3n) is 4.02. The molecule has 22 heavy (non-hydrogen) atoms. The summed E-state index contributed by atoms with van der Waals surface area (Å²) in [5.74, 6) is 0.123. The Morgan fingerprint density at radius 3 is 2.55 bits per heavy atom. The van der Waals surface area contributed by atoms with E-state index in [0.717, 1.165) is 24.2 Å². The van der Waals surface area contributed by atoms with Gasteiger partial charge >= 0.3 is 0 Å². The summed E-state index contributed by atoms with van der Waals surface area (Å²) in [4.78, 5) is 18.2. The first-order chi connectivity index (χ1) is 10.2. The van der Waals surface area contributed by atoms with Gasteiger partial charge in [-0.05, 0) is 25.0 Å². The smallest absolute Gasteiger partial charge is 0.288 e. The summed E-state index contributed by atoms with van der Waals surface area (Å²) >= 11 is 6.20. The molecule has 0 atom stereocenters. The molecule has 5 nitrogen and oxygen atoms in total. The van der Waals surface area contributed by atoms with E-state index in [1.807, 2.05) is 6.92 Å². The van der Waals surface area contributed by atoms with Gasteiger partial charge in [-0.3, -0.25) is 4.79 Å². The Labute approximate surface area is 134 Å². The van der Waals surface area contributed by atoms with Crippen LogP contribution in [0.4, 0.5) is 0 Å². The molecule has 1 aromatic rings. The molecule has 1 aliphatic heterocycles. The van der Waals surface area contributed by atoms with Crippen molar-refractivity contribution in [3.63, 3.8) is 0 Å². The van der Waals surface area contributed by atoms with Gasteiger partial charge in [0.25, 0.3) is 5.91 Å². The van der Waals surface area contributed by atoms with Crippen LogP contribution in [0.2, 0.25) is 0 Å². The minimum atomic E-state index is -3.50. The molecule has 1 aromatic carbocycles. The van der Waals surface area contributed by atoms with Crippen molar-refractivity contribution in [1.82, 2.24) is 5.06 Å². The van der Waals surface area contributed by atoms with Gasteiger partial charge < -0.3 is 4.84 Å². The number of hydroxylamine groups is 2. The minimum Gasteiger partial charge on any atom is -0.379 e. The van der Waals surface area contributed by atoms with Gasteiger partial charge in [0.1, 0.15) is 0 Å². The lowest BCUT2D eigenvalue weighted by atomic mass is 10.1. The molecular formula is C15H16ClNO4S. The Morgan fingerprint density at radius 1 is 1.32 bits per heavy atom. The second-order valence-electron chi connectivity index (χ2n) is 6.00. The predicted molar refractivity (Wildman–Crippen MR) is 81.9 cm³/mol. The number of carbonyl (C=O) groups is 1. The molecular weight excluding hydrogens is 326 g/mol. The lowest BCUT2D eigenvalue weighted by molar-refractivity contribution is -0.0702. The molecule has 0 bridgehead atoms. The lowest BCUT2D eigenvalue weighted by Gasteiger charge is -2.19. The molecule has 0 N–H and O–H groups in total. The molecule has 0 radical (unpaired) electrons. The molecule has 1 aliphatic carbocycles.